The van der Waals surface area contributed by atoms with Gasteiger partial charge >= 0.3 is 6.09 Å². The van der Waals surface area contributed by atoms with Crippen LogP contribution in [0, 0.1) is 19.8 Å². The molecule has 0 heterocycles. The summed E-state index contributed by atoms with van der Waals surface area (Å²) in [6.07, 6.45) is 2.33. The molecule has 8 nitrogen and oxygen atoms in total. The smallest absolute Gasteiger partial charge is 0.408 e. The van der Waals surface area contributed by atoms with Crippen molar-refractivity contribution in [2.45, 2.75) is 98.8 Å². The molecule has 2 N–H and O–H groups in total. The molecule has 2 atom stereocenters. The third-order valence-corrected chi connectivity index (χ3v) is 6.46. The van der Waals surface area contributed by atoms with Crippen LogP contribution in [-0.2, 0) is 14.3 Å². The van der Waals surface area contributed by atoms with Crippen molar-refractivity contribution in [3.05, 3.63) is 59.2 Å². The number of hydrogen-bond donors (Lipinski definition) is 2. The Bertz CT molecular complexity index is 1130. The normalized spacial score (nSPS) is 12.8. The summed E-state index contributed by atoms with van der Waals surface area (Å²) in [4.78, 5) is 42.9. The van der Waals surface area contributed by atoms with Crippen LogP contribution in [0.25, 0.3) is 0 Å². The summed E-state index contributed by atoms with van der Waals surface area (Å²) in [5.41, 5.74) is 2.59. The van der Waals surface area contributed by atoms with Gasteiger partial charge in [0, 0.05) is 12.2 Å². The Kier molecular flexibility index (Phi) is 12.7. The van der Waals surface area contributed by atoms with Gasteiger partial charge in [-0.3, -0.25) is 9.59 Å². The van der Waals surface area contributed by atoms with Gasteiger partial charge in [0.15, 0.2) is 0 Å². The van der Waals surface area contributed by atoms with Crippen LogP contribution in [0.15, 0.2) is 42.5 Å². The summed E-state index contributed by atoms with van der Waals surface area (Å²) in [6.45, 7) is 15.7. The highest BCUT2D eigenvalue weighted by Crippen LogP contribution is 2.28. The monoisotopic (exact) mass is 567 g/mol. The molecule has 2 rings (SSSR count). The quantitative estimate of drug-likeness (QED) is 0.255. The lowest BCUT2D eigenvalue weighted by Crippen LogP contribution is -2.53. The van der Waals surface area contributed by atoms with Crippen molar-refractivity contribution in [1.29, 1.82) is 0 Å². The fourth-order valence-corrected chi connectivity index (χ4v) is 4.77. The van der Waals surface area contributed by atoms with Crippen LogP contribution in [0.3, 0.4) is 0 Å². The van der Waals surface area contributed by atoms with E-state index >= 15 is 0 Å². The summed E-state index contributed by atoms with van der Waals surface area (Å²) in [5.74, 6) is 0.152. The molecular formula is C33H49N3O5. The minimum atomic E-state index is -0.907. The molecule has 2 aromatic rings. The summed E-state index contributed by atoms with van der Waals surface area (Å²) < 4.78 is 10.7. The Morgan fingerprint density at radius 2 is 1.56 bits per heavy atom. The van der Waals surface area contributed by atoms with Crippen molar-refractivity contribution >= 4 is 23.6 Å². The lowest BCUT2D eigenvalue weighted by molar-refractivity contribution is -0.141. The van der Waals surface area contributed by atoms with Crippen molar-refractivity contribution in [1.82, 2.24) is 10.2 Å². The van der Waals surface area contributed by atoms with Gasteiger partial charge < -0.3 is 25.0 Å². The van der Waals surface area contributed by atoms with E-state index in [1.165, 1.54) is 0 Å². The number of benzene rings is 2. The number of hydrogen-bond acceptors (Lipinski definition) is 5. The maximum Gasteiger partial charge on any atom is 0.408 e. The van der Waals surface area contributed by atoms with Gasteiger partial charge in [-0.25, -0.2) is 4.79 Å². The molecule has 2 aromatic carbocycles. The maximum absolute atomic E-state index is 14.4. The van der Waals surface area contributed by atoms with Crippen molar-refractivity contribution in [2.24, 2.45) is 5.92 Å². The molecule has 41 heavy (non-hydrogen) atoms. The number of nitrogens with one attached hydrogen (secondary N) is 2. The van der Waals surface area contributed by atoms with Crippen LogP contribution in [0.1, 0.15) is 90.0 Å². The van der Waals surface area contributed by atoms with E-state index in [1.54, 1.807) is 57.0 Å². The van der Waals surface area contributed by atoms with Gasteiger partial charge in [-0.15, -0.1) is 0 Å². The molecule has 0 spiro atoms. The second kappa shape index (κ2) is 15.5. The fourth-order valence-electron chi connectivity index (χ4n) is 4.77. The van der Waals surface area contributed by atoms with Gasteiger partial charge in [0.05, 0.1) is 7.11 Å². The number of unbranched alkanes of at least 4 members (excludes halogenated alkanes) is 2. The first-order valence-electron chi connectivity index (χ1n) is 14.6. The summed E-state index contributed by atoms with van der Waals surface area (Å²) in [7, 11) is 1.59. The third-order valence-electron chi connectivity index (χ3n) is 6.46. The lowest BCUT2D eigenvalue weighted by atomic mass is 9.96. The molecule has 0 bridgehead atoms. The van der Waals surface area contributed by atoms with E-state index in [-0.39, 0.29) is 17.7 Å². The highest BCUT2D eigenvalue weighted by Gasteiger charge is 2.36. The van der Waals surface area contributed by atoms with Gasteiger partial charge in [0.1, 0.15) is 23.4 Å². The Balaban J connectivity index is 2.57. The lowest BCUT2D eigenvalue weighted by Gasteiger charge is -2.35. The number of nitrogens with zero attached hydrogens (tertiary/aromatic N) is 1. The van der Waals surface area contributed by atoms with E-state index < -0.39 is 23.8 Å². The van der Waals surface area contributed by atoms with Crippen LogP contribution < -0.4 is 15.4 Å². The predicted octanol–water partition coefficient (Wildman–Crippen LogP) is 6.95. The van der Waals surface area contributed by atoms with E-state index in [2.05, 4.69) is 17.6 Å². The number of alkyl carbamates (subject to hydrolysis) is 1. The van der Waals surface area contributed by atoms with Crippen molar-refractivity contribution in [3.63, 3.8) is 0 Å². The van der Waals surface area contributed by atoms with Crippen LogP contribution in [-0.4, -0.2) is 48.1 Å². The van der Waals surface area contributed by atoms with Gasteiger partial charge in [-0.1, -0.05) is 62.9 Å². The molecule has 8 heteroatoms. The summed E-state index contributed by atoms with van der Waals surface area (Å²) >= 11 is 0. The Morgan fingerprint density at radius 1 is 0.951 bits per heavy atom. The zero-order valence-corrected chi connectivity index (χ0v) is 26.3. The molecule has 0 aliphatic heterocycles. The number of carbonyl (C=O) groups excluding carboxylic acids is 3. The van der Waals surface area contributed by atoms with Crippen LogP contribution in [0.5, 0.6) is 5.75 Å². The summed E-state index contributed by atoms with van der Waals surface area (Å²) in [5, 5.41) is 5.82. The van der Waals surface area contributed by atoms with Crippen LogP contribution in [0.2, 0.25) is 0 Å². The highest BCUT2D eigenvalue weighted by atomic mass is 16.6. The number of rotatable bonds is 13. The van der Waals surface area contributed by atoms with Crippen molar-refractivity contribution in [2.75, 3.05) is 19.0 Å². The van der Waals surface area contributed by atoms with Gasteiger partial charge in [0.2, 0.25) is 5.91 Å². The van der Waals surface area contributed by atoms with E-state index in [9.17, 15) is 14.4 Å². The summed E-state index contributed by atoms with van der Waals surface area (Å²) in [6, 6.07) is 11.3. The first-order valence-corrected chi connectivity index (χ1v) is 14.6. The highest BCUT2D eigenvalue weighted by molar-refractivity contribution is 5.99. The van der Waals surface area contributed by atoms with E-state index in [0.717, 1.165) is 36.0 Å². The van der Waals surface area contributed by atoms with E-state index in [0.29, 0.717) is 24.4 Å². The van der Waals surface area contributed by atoms with Gasteiger partial charge in [-0.2, -0.15) is 0 Å². The molecule has 0 saturated heterocycles. The average molecular weight is 568 g/mol. The van der Waals surface area contributed by atoms with E-state index in [4.69, 9.17) is 9.47 Å². The first kappa shape index (κ1) is 33.7. The number of ether oxygens (including phenoxy) is 2. The fraction of sp³-hybridized carbons (Fsp3) is 0.545. The molecule has 0 aromatic heterocycles. The van der Waals surface area contributed by atoms with Gasteiger partial charge in [0.25, 0.3) is 5.91 Å². The predicted molar refractivity (Wildman–Crippen MR) is 164 cm³/mol. The minimum absolute atomic E-state index is 0.115. The Labute approximate surface area is 246 Å². The van der Waals surface area contributed by atoms with E-state index in [1.807, 2.05) is 45.9 Å². The number of carbonyl (C=O) groups is 3. The van der Waals surface area contributed by atoms with Crippen molar-refractivity contribution in [3.8, 4) is 5.75 Å². The molecule has 0 saturated carbocycles. The second-order valence-electron chi connectivity index (χ2n) is 12.1. The molecule has 0 fully saturated rings. The van der Waals surface area contributed by atoms with Crippen LogP contribution >= 0.6 is 0 Å². The zero-order valence-electron chi connectivity index (χ0n) is 26.3. The molecule has 0 aliphatic rings. The third kappa shape index (κ3) is 11.1. The Morgan fingerprint density at radius 3 is 2.07 bits per heavy atom. The largest absolute Gasteiger partial charge is 0.497 e. The zero-order chi connectivity index (χ0) is 30.7. The molecule has 2 unspecified atom stereocenters. The first-order chi connectivity index (χ1) is 19.2. The molecular weight excluding hydrogens is 518 g/mol. The molecule has 226 valence electrons. The molecule has 3 amide bonds. The standard InChI is InChI=1S/C33H49N3O5/c1-10-11-12-17-36(31(38)28(18-22(2)3)35-32(39)41-33(6,7)8)29(25-20-23(4)19-24(5)21-25)30(37)34-26-13-15-27(40-9)16-14-26/h13-16,19-22,28-29H,10-12,17-18H2,1-9H3,(H,34,37)(H,35,39). The molecule has 0 aliphatic carbocycles. The van der Waals surface area contributed by atoms with Crippen LogP contribution in [0.4, 0.5) is 10.5 Å². The number of methoxy groups -OCH3 is 1. The minimum Gasteiger partial charge on any atom is -0.497 e. The average Bonchev–Trinajstić information content (AvgIpc) is 2.86. The topological polar surface area (TPSA) is 97.0 Å². The SMILES string of the molecule is CCCCCN(C(=O)C(CC(C)C)NC(=O)OC(C)(C)C)C(C(=O)Nc1ccc(OC)cc1)c1cc(C)cc(C)c1. The van der Waals surface area contributed by atoms with Gasteiger partial charge in [-0.05, 0) is 83.2 Å². The Hall–Kier alpha value is -3.55. The van der Waals surface area contributed by atoms with Crippen molar-refractivity contribution < 1.29 is 23.9 Å². The number of amides is 3. The number of aryl methyl sites for hydroxylation is 2. The second-order valence-corrected chi connectivity index (χ2v) is 12.1. The maximum atomic E-state index is 14.4. The number of anilines is 1. The molecule has 0 radical (unpaired) electrons.